The summed E-state index contributed by atoms with van der Waals surface area (Å²) in [5, 5.41) is 0. The summed E-state index contributed by atoms with van der Waals surface area (Å²) >= 11 is 0. The van der Waals surface area contributed by atoms with Crippen molar-refractivity contribution in [2.75, 3.05) is 37.0 Å². The molecule has 0 bridgehead atoms. The normalized spacial score (nSPS) is 10.7. The molecular formula is C24H54NiP2+2. The Hall–Kier alpha value is 1.35. The number of rotatable bonds is 18. The predicted octanol–water partition coefficient (Wildman–Crippen LogP) is 9.73. The Morgan fingerprint density at radius 1 is 0.333 bits per heavy atom. The van der Waals surface area contributed by atoms with Crippen LogP contribution in [-0.4, -0.2) is 37.0 Å². The van der Waals surface area contributed by atoms with Crippen molar-refractivity contribution in [3.63, 3.8) is 0 Å². The maximum Gasteiger partial charge on any atom is 2.00 e. The predicted molar refractivity (Wildman–Crippen MR) is 132 cm³/mol. The first kappa shape index (κ1) is 33.0. The van der Waals surface area contributed by atoms with E-state index >= 15 is 0 Å². The van der Waals surface area contributed by atoms with Gasteiger partial charge in [-0.05, 0) is 75.5 Å². The average Bonchev–Trinajstić information content (AvgIpc) is 2.67. The molecule has 0 aliphatic carbocycles. The van der Waals surface area contributed by atoms with Crippen LogP contribution in [0.1, 0.15) is 119 Å². The standard InChI is InChI=1S/2C12H27P.Ni/c2*1-4-7-10-13(11-8-5-2)12-9-6-3;/h2*4-12H2,1-3H3;/q;;+2. The van der Waals surface area contributed by atoms with Crippen molar-refractivity contribution < 1.29 is 16.5 Å². The van der Waals surface area contributed by atoms with Gasteiger partial charge in [0.15, 0.2) is 0 Å². The van der Waals surface area contributed by atoms with Crippen LogP contribution in [0.5, 0.6) is 0 Å². The SMILES string of the molecule is CCCCP(CCCC)CCCC.CCCCP(CCCC)CCCC.[Ni+2]. The second kappa shape index (κ2) is 29.6. The first-order chi connectivity index (χ1) is 12.7. The molecule has 0 saturated carbocycles. The number of hydrogen-bond donors (Lipinski definition) is 0. The van der Waals surface area contributed by atoms with E-state index in [-0.39, 0.29) is 16.5 Å². The molecule has 0 atom stereocenters. The van der Waals surface area contributed by atoms with E-state index < -0.39 is 0 Å². The van der Waals surface area contributed by atoms with Gasteiger partial charge in [-0.3, -0.25) is 0 Å². The van der Waals surface area contributed by atoms with Gasteiger partial charge < -0.3 is 0 Å². The van der Waals surface area contributed by atoms with Gasteiger partial charge in [0.25, 0.3) is 0 Å². The Morgan fingerprint density at radius 3 is 0.593 bits per heavy atom. The molecule has 0 N–H and O–H groups in total. The minimum absolute atomic E-state index is 0. The van der Waals surface area contributed by atoms with Crippen LogP contribution in [0.2, 0.25) is 0 Å². The molecule has 0 unspecified atom stereocenters. The molecule has 168 valence electrons. The zero-order valence-corrected chi connectivity index (χ0v) is 22.7. The largest absolute Gasteiger partial charge is 2.00 e. The van der Waals surface area contributed by atoms with Crippen LogP contribution < -0.4 is 0 Å². The second-order valence-corrected chi connectivity index (χ2v) is 13.2. The van der Waals surface area contributed by atoms with Crippen molar-refractivity contribution in [3.05, 3.63) is 0 Å². The van der Waals surface area contributed by atoms with Crippen molar-refractivity contribution in [3.8, 4) is 0 Å². The van der Waals surface area contributed by atoms with Crippen LogP contribution in [0.25, 0.3) is 0 Å². The van der Waals surface area contributed by atoms with E-state index in [9.17, 15) is 0 Å². The minimum Gasteiger partial charge on any atom is -0.107 e. The van der Waals surface area contributed by atoms with Gasteiger partial charge >= 0.3 is 16.5 Å². The quantitative estimate of drug-likeness (QED) is 0.140. The van der Waals surface area contributed by atoms with Gasteiger partial charge in [0.05, 0.1) is 0 Å². The zero-order chi connectivity index (χ0) is 19.9. The van der Waals surface area contributed by atoms with Crippen molar-refractivity contribution in [2.24, 2.45) is 0 Å². The van der Waals surface area contributed by atoms with Gasteiger partial charge in [0, 0.05) is 0 Å². The molecule has 0 spiro atoms. The Balaban J connectivity index is -0.000000411. The summed E-state index contributed by atoms with van der Waals surface area (Å²) in [6.45, 7) is 13.9. The van der Waals surface area contributed by atoms with E-state index in [4.69, 9.17) is 0 Å². The molecule has 0 nitrogen and oxygen atoms in total. The molecule has 0 aliphatic rings. The monoisotopic (exact) mass is 462 g/mol. The molecule has 0 heterocycles. The van der Waals surface area contributed by atoms with Crippen LogP contribution in [0.3, 0.4) is 0 Å². The molecule has 0 aliphatic heterocycles. The van der Waals surface area contributed by atoms with Crippen molar-refractivity contribution in [1.82, 2.24) is 0 Å². The minimum atomic E-state index is 0. The first-order valence-corrected chi connectivity index (χ1v) is 15.9. The van der Waals surface area contributed by atoms with E-state index in [1.807, 2.05) is 0 Å². The molecule has 0 aromatic carbocycles. The fraction of sp³-hybridized carbons (Fsp3) is 1.00. The second-order valence-electron chi connectivity index (χ2n) is 7.80. The fourth-order valence-electron chi connectivity index (χ4n) is 2.96. The van der Waals surface area contributed by atoms with Crippen molar-refractivity contribution in [1.29, 1.82) is 0 Å². The summed E-state index contributed by atoms with van der Waals surface area (Å²) < 4.78 is 0. The molecule has 0 rings (SSSR count). The maximum absolute atomic E-state index is 2.31. The molecule has 0 aromatic heterocycles. The maximum atomic E-state index is 2.31. The topological polar surface area (TPSA) is 0 Å². The van der Waals surface area contributed by atoms with Gasteiger partial charge in [0.1, 0.15) is 0 Å². The molecule has 27 heavy (non-hydrogen) atoms. The third-order valence-electron chi connectivity index (χ3n) is 4.97. The van der Waals surface area contributed by atoms with E-state index in [2.05, 4.69) is 41.5 Å². The molecule has 0 fully saturated rings. The van der Waals surface area contributed by atoms with Crippen molar-refractivity contribution in [2.45, 2.75) is 119 Å². The molecule has 0 amide bonds. The molecular weight excluding hydrogens is 409 g/mol. The van der Waals surface area contributed by atoms with Crippen LogP contribution in [-0.2, 0) is 16.5 Å². The Labute approximate surface area is 187 Å². The van der Waals surface area contributed by atoms with Gasteiger partial charge in [-0.25, -0.2) is 0 Å². The summed E-state index contributed by atoms with van der Waals surface area (Å²) in [4.78, 5) is 0. The summed E-state index contributed by atoms with van der Waals surface area (Å²) in [5.74, 6) is 0. The Bertz CT molecular complexity index is 174. The van der Waals surface area contributed by atoms with Crippen LogP contribution in [0.15, 0.2) is 0 Å². The smallest absolute Gasteiger partial charge is 0.107 e. The third kappa shape index (κ3) is 27.4. The van der Waals surface area contributed by atoms with Gasteiger partial charge in [-0.2, -0.15) is 0 Å². The average molecular weight is 463 g/mol. The van der Waals surface area contributed by atoms with Crippen LogP contribution in [0.4, 0.5) is 0 Å². The summed E-state index contributed by atoms with van der Waals surface area (Å²) in [5.41, 5.74) is 0. The molecule has 3 heteroatoms. The summed E-state index contributed by atoms with van der Waals surface area (Å²) in [6.07, 6.45) is 26.4. The number of unbranched alkanes of at least 4 members (excludes halogenated alkanes) is 6. The van der Waals surface area contributed by atoms with E-state index in [0.29, 0.717) is 15.8 Å². The molecule has 0 saturated heterocycles. The van der Waals surface area contributed by atoms with E-state index in [1.54, 1.807) is 37.0 Å². The third-order valence-corrected chi connectivity index (χ3v) is 10.7. The van der Waals surface area contributed by atoms with Crippen molar-refractivity contribution >= 4 is 15.8 Å². The molecule has 0 aromatic rings. The Kier molecular flexibility index (Phi) is 36.1. The van der Waals surface area contributed by atoms with Gasteiger partial charge in [0.2, 0.25) is 0 Å². The van der Waals surface area contributed by atoms with Crippen LogP contribution >= 0.6 is 15.8 Å². The van der Waals surface area contributed by atoms with Gasteiger partial charge in [-0.15, -0.1) is 15.8 Å². The zero-order valence-electron chi connectivity index (χ0n) is 19.9. The number of hydrogen-bond acceptors (Lipinski definition) is 0. The summed E-state index contributed by atoms with van der Waals surface area (Å²) in [7, 11) is 0.843. The molecule has 0 radical (unpaired) electrons. The van der Waals surface area contributed by atoms with Gasteiger partial charge in [-0.1, -0.05) is 80.1 Å². The summed E-state index contributed by atoms with van der Waals surface area (Å²) in [6, 6.07) is 0. The van der Waals surface area contributed by atoms with E-state index in [0.717, 1.165) is 0 Å². The first-order valence-electron chi connectivity index (χ1n) is 12.1. The Morgan fingerprint density at radius 2 is 0.481 bits per heavy atom. The fourth-order valence-corrected chi connectivity index (χ4v) is 8.88. The van der Waals surface area contributed by atoms with E-state index in [1.165, 1.54) is 77.0 Å². The van der Waals surface area contributed by atoms with Crippen LogP contribution in [0, 0.1) is 0 Å².